The second-order valence-corrected chi connectivity index (χ2v) is 4.52. The fraction of sp³-hybridized carbons (Fsp3) is 1.00. The zero-order chi connectivity index (χ0) is 10.2. The molecule has 0 spiro atoms. The van der Waals surface area contributed by atoms with Gasteiger partial charge in [-0.1, -0.05) is 32.1 Å². The van der Waals surface area contributed by atoms with Crippen LogP contribution < -0.4 is 0 Å². The van der Waals surface area contributed by atoms with Crippen LogP contribution in [-0.4, -0.2) is 27.4 Å². The summed E-state index contributed by atoms with van der Waals surface area (Å²) < 4.78 is 10.4. The summed E-state index contributed by atoms with van der Waals surface area (Å²) in [6.45, 7) is 1.70. The topological polar surface area (TPSA) is 18.5 Å². The first-order chi connectivity index (χ1) is 6.86. The Morgan fingerprint density at radius 3 is 2.07 bits per heavy atom. The van der Waals surface area contributed by atoms with Crippen molar-refractivity contribution in [1.82, 2.24) is 0 Å². The highest BCUT2D eigenvalue weighted by atomic mass is 16.5. The third-order valence-electron chi connectivity index (χ3n) is 3.20. The molecule has 1 aliphatic carbocycles. The van der Waals surface area contributed by atoms with Crippen LogP contribution in [0.4, 0.5) is 0 Å². The third kappa shape index (κ3) is 4.43. The molecule has 84 valence electrons. The van der Waals surface area contributed by atoms with Gasteiger partial charge in [-0.25, -0.2) is 0 Å². The van der Waals surface area contributed by atoms with Gasteiger partial charge in [0.1, 0.15) is 0 Å². The summed E-state index contributed by atoms with van der Waals surface area (Å²) >= 11 is 0. The van der Waals surface area contributed by atoms with Crippen LogP contribution in [-0.2, 0) is 9.47 Å². The van der Waals surface area contributed by atoms with Crippen LogP contribution in [0.2, 0.25) is 0 Å². The first-order valence-electron chi connectivity index (χ1n) is 5.84. The Morgan fingerprint density at radius 2 is 1.57 bits per heavy atom. The molecular formula is C12H24O2. The summed E-state index contributed by atoms with van der Waals surface area (Å²) in [5.41, 5.74) is 0. The fourth-order valence-corrected chi connectivity index (χ4v) is 2.55. The zero-order valence-corrected chi connectivity index (χ0v) is 9.63. The van der Waals surface area contributed by atoms with Gasteiger partial charge in [0.15, 0.2) is 0 Å². The lowest BCUT2D eigenvalue weighted by atomic mass is 9.83. The quantitative estimate of drug-likeness (QED) is 0.656. The van der Waals surface area contributed by atoms with Crippen molar-refractivity contribution in [3.8, 4) is 0 Å². The SMILES string of the molecule is COCC(COC)CC1CCCCC1. The van der Waals surface area contributed by atoms with Crippen molar-refractivity contribution in [2.24, 2.45) is 11.8 Å². The standard InChI is InChI=1S/C12H24O2/c1-13-9-12(10-14-2)8-11-6-4-3-5-7-11/h11-12H,3-10H2,1-2H3. The molecule has 2 nitrogen and oxygen atoms in total. The largest absolute Gasteiger partial charge is 0.384 e. The van der Waals surface area contributed by atoms with Gasteiger partial charge in [0.2, 0.25) is 0 Å². The molecule has 1 fully saturated rings. The maximum Gasteiger partial charge on any atom is 0.0512 e. The number of hydrogen-bond acceptors (Lipinski definition) is 2. The van der Waals surface area contributed by atoms with Crippen molar-refractivity contribution >= 4 is 0 Å². The van der Waals surface area contributed by atoms with E-state index in [-0.39, 0.29) is 0 Å². The molecule has 0 aromatic carbocycles. The normalized spacial score (nSPS) is 19.1. The van der Waals surface area contributed by atoms with Crippen molar-refractivity contribution in [1.29, 1.82) is 0 Å². The Labute approximate surface area is 88.0 Å². The Bertz CT molecular complexity index is 124. The maximum atomic E-state index is 5.22. The van der Waals surface area contributed by atoms with Gasteiger partial charge in [-0.2, -0.15) is 0 Å². The van der Waals surface area contributed by atoms with E-state index in [1.165, 1.54) is 38.5 Å². The van der Waals surface area contributed by atoms with Crippen molar-refractivity contribution in [3.63, 3.8) is 0 Å². The highest BCUT2D eigenvalue weighted by Gasteiger charge is 2.18. The van der Waals surface area contributed by atoms with Crippen LogP contribution in [0, 0.1) is 11.8 Å². The molecule has 0 radical (unpaired) electrons. The van der Waals surface area contributed by atoms with E-state index in [0.29, 0.717) is 5.92 Å². The van der Waals surface area contributed by atoms with E-state index in [2.05, 4.69) is 0 Å². The zero-order valence-electron chi connectivity index (χ0n) is 9.63. The minimum Gasteiger partial charge on any atom is -0.384 e. The molecule has 14 heavy (non-hydrogen) atoms. The van der Waals surface area contributed by atoms with Crippen LogP contribution in [0.25, 0.3) is 0 Å². The molecule has 1 aliphatic rings. The highest BCUT2D eigenvalue weighted by molar-refractivity contribution is 4.70. The van der Waals surface area contributed by atoms with Crippen LogP contribution in [0.15, 0.2) is 0 Å². The van der Waals surface area contributed by atoms with Crippen molar-refractivity contribution in [3.05, 3.63) is 0 Å². The van der Waals surface area contributed by atoms with Crippen LogP contribution in [0.1, 0.15) is 38.5 Å². The summed E-state index contributed by atoms with van der Waals surface area (Å²) in [7, 11) is 3.56. The van der Waals surface area contributed by atoms with Gasteiger partial charge in [0.25, 0.3) is 0 Å². The summed E-state index contributed by atoms with van der Waals surface area (Å²) in [5, 5.41) is 0. The van der Waals surface area contributed by atoms with Gasteiger partial charge in [0, 0.05) is 20.1 Å². The predicted molar refractivity (Wildman–Crippen MR) is 58.4 cm³/mol. The lowest BCUT2D eigenvalue weighted by molar-refractivity contribution is 0.0678. The molecule has 0 aliphatic heterocycles. The van der Waals surface area contributed by atoms with Crippen molar-refractivity contribution in [2.45, 2.75) is 38.5 Å². The van der Waals surface area contributed by atoms with Gasteiger partial charge < -0.3 is 9.47 Å². The van der Waals surface area contributed by atoms with Gasteiger partial charge >= 0.3 is 0 Å². The monoisotopic (exact) mass is 200 g/mol. The third-order valence-corrected chi connectivity index (χ3v) is 3.20. The summed E-state index contributed by atoms with van der Waals surface area (Å²) in [6, 6.07) is 0. The molecule has 0 aromatic heterocycles. The molecule has 0 atom stereocenters. The fourth-order valence-electron chi connectivity index (χ4n) is 2.55. The average Bonchev–Trinajstić information content (AvgIpc) is 2.20. The number of methoxy groups -OCH3 is 2. The van der Waals surface area contributed by atoms with E-state index in [1.807, 2.05) is 0 Å². The first-order valence-corrected chi connectivity index (χ1v) is 5.84. The average molecular weight is 200 g/mol. The van der Waals surface area contributed by atoms with Crippen LogP contribution >= 0.6 is 0 Å². The van der Waals surface area contributed by atoms with Gasteiger partial charge in [0.05, 0.1) is 13.2 Å². The lowest BCUT2D eigenvalue weighted by Crippen LogP contribution is -2.20. The predicted octanol–water partition coefficient (Wildman–Crippen LogP) is 2.87. The number of ether oxygens (including phenoxy) is 2. The number of rotatable bonds is 6. The highest BCUT2D eigenvalue weighted by Crippen LogP contribution is 2.29. The Hall–Kier alpha value is -0.0800. The van der Waals surface area contributed by atoms with Crippen molar-refractivity contribution < 1.29 is 9.47 Å². The minimum atomic E-state index is 0.605. The lowest BCUT2D eigenvalue weighted by Gasteiger charge is -2.25. The summed E-state index contributed by atoms with van der Waals surface area (Å²) in [6.07, 6.45) is 8.43. The van der Waals surface area contributed by atoms with Gasteiger partial charge in [-0.05, 0) is 12.3 Å². The second-order valence-electron chi connectivity index (χ2n) is 4.52. The summed E-state index contributed by atoms with van der Waals surface area (Å²) in [5.74, 6) is 1.53. The maximum absolute atomic E-state index is 5.22. The molecule has 1 saturated carbocycles. The summed E-state index contributed by atoms with van der Waals surface area (Å²) in [4.78, 5) is 0. The smallest absolute Gasteiger partial charge is 0.0512 e. The van der Waals surface area contributed by atoms with E-state index in [0.717, 1.165) is 19.1 Å². The second kappa shape index (κ2) is 7.24. The molecule has 0 heterocycles. The Balaban J connectivity index is 2.21. The van der Waals surface area contributed by atoms with Crippen LogP contribution in [0.3, 0.4) is 0 Å². The molecule has 0 N–H and O–H groups in total. The Morgan fingerprint density at radius 1 is 1.00 bits per heavy atom. The molecule has 0 amide bonds. The van der Waals surface area contributed by atoms with Crippen molar-refractivity contribution in [2.75, 3.05) is 27.4 Å². The molecule has 0 saturated heterocycles. The Kier molecular flexibility index (Phi) is 6.20. The minimum absolute atomic E-state index is 0.605. The van der Waals surface area contributed by atoms with E-state index in [9.17, 15) is 0 Å². The van der Waals surface area contributed by atoms with E-state index < -0.39 is 0 Å². The number of hydrogen-bond donors (Lipinski definition) is 0. The molecule has 2 heteroatoms. The van der Waals surface area contributed by atoms with Gasteiger partial charge in [-0.15, -0.1) is 0 Å². The molecule has 0 aromatic rings. The first kappa shape index (κ1) is 12.0. The van der Waals surface area contributed by atoms with Crippen LogP contribution in [0.5, 0.6) is 0 Å². The van der Waals surface area contributed by atoms with E-state index in [1.54, 1.807) is 14.2 Å². The van der Waals surface area contributed by atoms with E-state index >= 15 is 0 Å². The van der Waals surface area contributed by atoms with E-state index in [4.69, 9.17) is 9.47 Å². The molecular weight excluding hydrogens is 176 g/mol. The molecule has 1 rings (SSSR count). The van der Waals surface area contributed by atoms with Gasteiger partial charge in [-0.3, -0.25) is 0 Å². The molecule has 0 unspecified atom stereocenters. The molecule has 0 bridgehead atoms.